The molecule has 7 nitrogen and oxygen atoms in total. The van der Waals surface area contributed by atoms with Gasteiger partial charge >= 0.3 is 6.03 Å². The predicted octanol–water partition coefficient (Wildman–Crippen LogP) is 1.16. The second-order valence-electron chi connectivity index (χ2n) is 7.32. The minimum Gasteiger partial charge on any atom is -0.372 e. The fourth-order valence-corrected chi connectivity index (χ4v) is 4.20. The molecule has 0 aromatic rings. The lowest BCUT2D eigenvalue weighted by Crippen LogP contribution is -2.55. The van der Waals surface area contributed by atoms with E-state index in [9.17, 15) is 14.4 Å². The maximum atomic E-state index is 12.6. The highest BCUT2D eigenvalue weighted by atomic mass is 16.2. The molecule has 7 heteroatoms. The molecule has 0 saturated carbocycles. The molecule has 0 aliphatic carbocycles. The van der Waals surface area contributed by atoms with Gasteiger partial charge in [-0.1, -0.05) is 19.9 Å². The third kappa shape index (κ3) is 3.80. The number of nitrogens with zero attached hydrogens (tertiary/aromatic N) is 3. The number of hydrogen-bond acceptors (Lipinski definition) is 4. The molecule has 0 aromatic carbocycles. The quantitative estimate of drug-likeness (QED) is 0.757. The van der Waals surface area contributed by atoms with Gasteiger partial charge in [0, 0.05) is 31.4 Å². The van der Waals surface area contributed by atoms with Crippen molar-refractivity contribution >= 4 is 17.8 Å². The maximum Gasteiger partial charge on any atom is 0.325 e. The number of nitrogens with one attached hydrogen (secondary N) is 1. The topological polar surface area (TPSA) is 73.0 Å². The number of carbonyl (C=O) groups is 3. The van der Waals surface area contributed by atoms with Gasteiger partial charge < -0.3 is 14.7 Å². The van der Waals surface area contributed by atoms with Crippen molar-refractivity contribution in [3.8, 4) is 0 Å². The summed E-state index contributed by atoms with van der Waals surface area (Å²) in [5, 5.41) is 2.21. The number of carbonyl (C=O) groups excluding carboxylic acids is 3. The monoisotopic (exact) mass is 348 g/mol. The van der Waals surface area contributed by atoms with Crippen molar-refractivity contribution < 1.29 is 14.4 Å². The van der Waals surface area contributed by atoms with Crippen LogP contribution in [0.5, 0.6) is 0 Å². The fourth-order valence-electron chi connectivity index (χ4n) is 4.20. The Morgan fingerprint density at radius 2 is 2.12 bits per heavy atom. The van der Waals surface area contributed by atoms with Crippen LogP contribution in [0, 0.1) is 5.92 Å². The highest BCUT2D eigenvalue weighted by Gasteiger charge is 2.39. The normalized spacial score (nSPS) is 26.8. The molecule has 0 spiro atoms. The van der Waals surface area contributed by atoms with Crippen LogP contribution in [0.2, 0.25) is 0 Å². The second-order valence-corrected chi connectivity index (χ2v) is 7.32. The average molecular weight is 348 g/mol. The van der Waals surface area contributed by atoms with Crippen LogP contribution in [0.15, 0.2) is 12.3 Å². The number of likely N-dealkylation sites (tertiary alicyclic amines) is 2. The Labute approximate surface area is 149 Å². The summed E-state index contributed by atoms with van der Waals surface area (Å²) in [6, 6.07) is 0.0152. The number of fused-ring (bicyclic) bond motifs is 1. The second kappa shape index (κ2) is 7.45. The first-order valence-corrected chi connectivity index (χ1v) is 9.30. The molecule has 0 radical (unpaired) electrons. The van der Waals surface area contributed by atoms with Crippen LogP contribution in [0.3, 0.4) is 0 Å². The lowest BCUT2D eigenvalue weighted by molar-refractivity contribution is -0.135. The maximum absolute atomic E-state index is 12.6. The molecule has 0 bridgehead atoms. The molecule has 25 heavy (non-hydrogen) atoms. The van der Waals surface area contributed by atoms with Gasteiger partial charge in [0.1, 0.15) is 13.1 Å². The van der Waals surface area contributed by atoms with Gasteiger partial charge in [-0.2, -0.15) is 0 Å². The molecule has 3 rings (SSSR count). The lowest BCUT2D eigenvalue weighted by Gasteiger charge is -2.49. The molecule has 2 atom stereocenters. The van der Waals surface area contributed by atoms with Crippen molar-refractivity contribution in [3.63, 3.8) is 0 Å². The van der Waals surface area contributed by atoms with Crippen LogP contribution in [0.25, 0.3) is 0 Å². The van der Waals surface area contributed by atoms with E-state index in [0.717, 1.165) is 32.4 Å². The molecule has 3 aliphatic heterocycles. The Balaban J connectivity index is 1.57. The highest BCUT2D eigenvalue weighted by molar-refractivity contribution is 6.03. The van der Waals surface area contributed by atoms with Crippen molar-refractivity contribution in [2.75, 3.05) is 32.7 Å². The van der Waals surface area contributed by atoms with Gasteiger partial charge in [0.25, 0.3) is 0 Å². The van der Waals surface area contributed by atoms with E-state index in [4.69, 9.17) is 0 Å². The van der Waals surface area contributed by atoms with E-state index in [-0.39, 0.29) is 24.9 Å². The first-order chi connectivity index (χ1) is 12.0. The van der Waals surface area contributed by atoms with Crippen molar-refractivity contribution in [1.29, 1.82) is 0 Å². The largest absolute Gasteiger partial charge is 0.372 e. The Bertz CT molecular complexity index is 577. The third-order valence-electron chi connectivity index (χ3n) is 5.60. The van der Waals surface area contributed by atoms with E-state index < -0.39 is 6.03 Å². The lowest BCUT2D eigenvalue weighted by atomic mass is 9.82. The van der Waals surface area contributed by atoms with E-state index in [1.807, 2.05) is 4.90 Å². The van der Waals surface area contributed by atoms with Crippen LogP contribution >= 0.6 is 0 Å². The van der Waals surface area contributed by atoms with Crippen molar-refractivity contribution in [3.05, 3.63) is 12.3 Å². The molecule has 138 valence electrons. The zero-order valence-electron chi connectivity index (χ0n) is 15.0. The molecular formula is C18H28N4O3. The number of amides is 4. The molecule has 3 fully saturated rings. The minimum absolute atomic E-state index is 0.0127. The first-order valence-electron chi connectivity index (χ1n) is 9.30. The minimum atomic E-state index is -0.465. The summed E-state index contributed by atoms with van der Waals surface area (Å²) >= 11 is 0. The van der Waals surface area contributed by atoms with Crippen LogP contribution in [0.4, 0.5) is 4.79 Å². The van der Waals surface area contributed by atoms with Gasteiger partial charge in [0.15, 0.2) is 0 Å². The Morgan fingerprint density at radius 1 is 1.32 bits per heavy atom. The number of allylic oxidation sites excluding steroid dienone is 1. The van der Waals surface area contributed by atoms with E-state index in [1.165, 1.54) is 23.4 Å². The Hall–Kier alpha value is -2.05. The number of urea groups is 1. The van der Waals surface area contributed by atoms with Crippen molar-refractivity contribution in [1.82, 2.24) is 20.0 Å². The van der Waals surface area contributed by atoms with Crippen LogP contribution in [0.1, 0.15) is 39.0 Å². The summed E-state index contributed by atoms with van der Waals surface area (Å²) in [4.78, 5) is 41.0. The fraction of sp³-hybridized carbons (Fsp3) is 0.722. The van der Waals surface area contributed by atoms with E-state index in [0.29, 0.717) is 18.5 Å². The zero-order valence-corrected chi connectivity index (χ0v) is 15.0. The van der Waals surface area contributed by atoms with Gasteiger partial charge in [-0.25, -0.2) is 4.79 Å². The summed E-state index contributed by atoms with van der Waals surface area (Å²) < 4.78 is 0. The third-order valence-corrected chi connectivity index (χ3v) is 5.60. The molecular weight excluding hydrogens is 320 g/mol. The molecule has 3 aliphatic rings. The Morgan fingerprint density at radius 3 is 2.80 bits per heavy atom. The summed E-state index contributed by atoms with van der Waals surface area (Å²) in [6.07, 6.45) is 5.35. The van der Waals surface area contributed by atoms with Gasteiger partial charge in [0.05, 0.1) is 0 Å². The van der Waals surface area contributed by atoms with E-state index in [2.05, 4.69) is 23.7 Å². The number of imide groups is 1. The standard InChI is InChI=1S/C18H28N4O3/c1-3-4-8-22-13(2)5-6-14-10-20(9-7-15(14)22)17(24)12-21-11-16(23)19-18(21)25/h14-15H,2-12H2,1H3,(H,19,23,25)/t14-,15+/m1/s1. The highest BCUT2D eigenvalue weighted by Crippen LogP contribution is 2.35. The van der Waals surface area contributed by atoms with Crippen molar-refractivity contribution in [2.45, 2.75) is 45.1 Å². The van der Waals surface area contributed by atoms with Gasteiger partial charge in [-0.3, -0.25) is 14.9 Å². The molecule has 3 saturated heterocycles. The molecule has 0 unspecified atom stereocenters. The zero-order chi connectivity index (χ0) is 18.0. The molecule has 1 N–H and O–H groups in total. The molecule has 0 aromatic heterocycles. The first kappa shape index (κ1) is 17.8. The smallest absolute Gasteiger partial charge is 0.325 e. The van der Waals surface area contributed by atoms with E-state index in [1.54, 1.807) is 0 Å². The number of piperidine rings is 2. The predicted molar refractivity (Wildman–Crippen MR) is 93.6 cm³/mol. The molecule has 3 heterocycles. The SMILES string of the molecule is C=C1CC[C@@H]2CN(C(=O)CN3CC(=O)NC3=O)CC[C@@H]2N1CCCC. The van der Waals surface area contributed by atoms with Crippen LogP contribution < -0.4 is 5.32 Å². The number of unbranched alkanes of at least 4 members (excludes halogenated alkanes) is 1. The summed E-state index contributed by atoms with van der Waals surface area (Å²) in [7, 11) is 0. The van der Waals surface area contributed by atoms with Gasteiger partial charge in [0.2, 0.25) is 11.8 Å². The van der Waals surface area contributed by atoms with Gasteiger partial charge in [-0.15, -0.1) is 0 Å². The summed E-state index contributed by atoms with van der Waals surface area (Å²) in [6.45, 7) is 8.91. The van der Waals surface area contributed by atoms with Crippen LogP contribution in [-0.2, 0) is 9.59 Å². The number of rotatable bonds is 5. The number of hydrogen-bond donors (Lipinski definition) is 1. The van der Waals surface area contributed by atoms with Gasteiger partial charge in [-0.05, 0) is 31.6 Å². The average Bonchev–Trinajstić information content (AvgIpc) is 2.90. The van der Waals surface area contributed by atoms with E-state index >= 15 is 0 Å². The summed E-state index contributed by atoms with van der Waals surface area (Å²) in [5.74, 6) is 0.0655. The van der Waals surface area contributed by atoms with Crippen molar-refractivity contribution in [2.24, 2.45) is 5.92 Å². The summed E-state index contributed by atoms with van der Waals surface area (Å²) in [5.41, 5.74) is 1.24. The Kier molecular flexibility index (Phi) is 5.30. The molecule has 4 amide bonds. The van der Waals surface area contributed by atoms with Crippen LogP contribution in [-0.4, -0.2) is 71.3 Å².